The molecule has 132 valence electrons. The molecule has 2 rings (SSSR count). The Morgan fingerprint density at radius 3 is 2.78 bits per heavy atom. The number of hydrogen-bond acceptors (Lipinski definition) is 5. The Balaban J connectivity index is 0.00000264. The van der Waals surface area contributed by atoms with Crippen molar-refractivity contribution in [3.63, 3.8) is 0 Å². The van der Waals surface area contributed by atoms with E-state index < -0.39 is 0 Å². The van der Waals surface area contributed by atoms with E-state index >= 15 is 0 Å². The first kappa shape index (κ1) is 20.6. The number of halogens is 1. The van der Waals surface area contributed by atoms with Gasteiger partial charge in [0.1, 0.15) is 5.01 Å². The van der Waals surface area contributed by atoms with Crippen molar-refractivity contribution in [3.05, 3.63) is 16.1 Å². The van der Waals surface area contributed by atoms with Crippen molar-refractivity contribution in [1.82, 2.24) is 20.5 Å². The molecule has 0 amide bonds. The first-order valence-corrected chi connectivity index (χ1v) is 8.65. The van der Waals surface area contributed by atoms with Crippen molar-refractivity contribution in [1.29, 1.82) is 0 Å². The van der Waals surface area contributed by atoms with Crippen LogP contribution in [0.25, 0.3) is 0 Å². The summed E-state index contributed by atoms with van der Waals surface area (Å²) in [5.74, 6) is 1.40. The van der Waals surface area contributed by atoms with Gasteiger partial charge in [-0.05, 0) is 12.8 Å². The van der Waals surface area contributed by atoms with E-state index in [0.717, 1.165) is 56.9 Å². The van der Waals surface area contributed by atoms with E-state index in [1.807, 2.05) is 6.20 Å². The van der Waals surface area contributed by atoms with Gasteiger partial charge in [0.05, 0.1) is 19.8 Å². The maximum Gasteiger partial charge on any atom is 0.191 e. The Kier molecular flexibility index (Phi) is 10.00. The van der Waals surface area contributed by atoms with Crippen LogP contribution in [-0.2, 0) is 11.3 Å². The van der Waals surface area contributed by atoms with Gasteiger partial charge in [-0.1, -0.05) is 6.92 Å². The summed E-state index contributed by atoms with van der Waals surface area (Å²) in [5, 5.41) is 7.79. The van der Waals surface area contributed by atoms with Crippen molar-refractivity contribution in [3.8, 4) is 0 Å². The highest BCUT2D eigenvalue weighted by molar-refractivity contribution is 14.0. The van der Waals surface area contributed by atoms with Gasteiger partial charge >= 0.3 is 0 Å². The highest BCUT2D eigenvalue weighted by atomic mass is 127. The molecule has 2 N–H and O–H groups in total. The second-order valence-corrected chi connectivity index (χ2v) is 7.01. The number of nitrogens with one attached hydrogen (secondary N) is 2. The number of morpholine rings is 1. The van der Waals surface area contributed by atoms with Gasteiger partial charge in [0.15, 0.2) is 5.96 Å². The normalized spacial score (nSPS) is 17.4. The SMILES string of the molecule is CN=C(NCc1ncc(C)s1)NCC(C)CN1CCOCC1.I. The third-order valence-electron chi connectivity index (χ3n) is 3.59. The molecule has 0 aromatic carbocycles. The molecular weight excluding hydrogens is 425 g/mol. The van der Waals surface area contributed by atoms with Crippen LogP contribution in [0, 0.1) is 12.8 Å². The third-order valence-corrected chi connectivity index (χ3v) is 4.50. The largest absolute Gasteiger partial charge is 0.379 e. The molecule has 1 aromatic heterocycles. The van der Waals surface area contributed by atoms with E-state index in [9.17, 15) is 0 Å². The topological polar surface area (TPSA) is 61.8 Å². The molecular formula is C15H28IN5OS. The maximum atomic E-state index is 5.38. The monoisotopic (exact) mass is 453 g/mol. The molecule has 1 unspecified atom stereocenters. The Bertz CT molecular complexity index is 476. The molecule has 0 spiro atoms. The van der Waals surface area contributed by atoms with Gasteiger partial charge in [-0.15, -0.1) is 35.3 Å². The summed E-state index contributed by atoms with van der Waals surface area (Å²) in [5.41, 5.74) is 0. The number of aliphatic imine (C=N–C) groups is 1. The van der Waals surface area contributed by atoms with E-state index in [1.54, 1.807) is 18.4 Å². The number of rotatable bonds is 6. The van der Waals surface area contributed by atoms with Crippen molar-refractivity contribution in [2.75, 3.05) is 46.4 Å². The number of aryl methyl sites for hydroxylation is 1. The maximum absolute atomic E-state index is 5.38. The Hall–Kier alpha value is -0.450. The quantitative estimate of drug-likeness (QED) is 0.390. The summed E-state index contributed by atoms with van der Waals surface area (Å²) in [7, 11) is 1.80. The molecule has 1 aliphatic rings. The first-order valence-electron chi connectivity index (χ1n) is 7.83. The smallest absolute Gasteiger partial charge is 0.191 e. The van der Waals surface area contributed by atoms with Gasteiger partial charge in [-0.3, -0.25) is 9.89 Å². The second-order valence-electron chi connectivity index (χ2n) is 5.69. The van der Waals surface area contributed by atoms with Gasteiger partial charge in [0.2, 0.25) is 0 Å². The number of thiazole rings is 1. The lowest BCUT2D eigenvalue weighted by Crippen LogP contribution is -2.43. The number of aromatic nitrogens is 1. The molecule has 1 fully saturated rings. The summed E-state index contributed by atoms with van der Waals surface area (Å²) in [4.78, 5) is 12.3. The molecule has 1 aliphatic heterocycles. The average molecular weight is 453 g/mol. The average Bonchev–Trinajstić information content (AvgIpc) is 2.94. The van der Waals surface area contributed by atoms with Crippen LogP contribution in [0.4, 0.5) is 0 Å². The van der Waals surface area contributed by atoms with E-state index in [4.69, 9.17) is 4.74 Å². The van der Waals surface area contributed by atoms with Gasteiger partial charge in [0, 0.05) is 44.3 Å². The summed E-state index contributed by atoms with van der Waals surface area (Å²) in [6.07, 6.45) is 1.91. The number of nitrogens with zero attached hydrogens (tertiary/aromatic N) is 3. The highest BCUT2D eigenvalue weighted by Gasteiger charge is 2.14. The number of hydrogen-bond donors (Lipinski definition) is 2. The van der Waals surface area contributed by atoms with Crippen LogP contribution in [-0.4, -0.2) is 62.3 Å². The fraction of sp³-hybridized carbons (Fsp3) is 0.733. The van der Waals surface area contributed by atoms with Crippen LogP contribution in [0.2, 0.25) is 0 Å². The van der Waals surface area contributed by atoms with Crippen LogP contribution in [0.5, 0.6) is 0 Å². The molecule has 0 aliphatic carbocycles. The fourth-order valence-electron chi connectivity index (χ4n) is 2.42. The minimum absolute atomic E-state index is 0. The summed E-state index contributed by atoms with van der Waals surface area (Å²) in [6.45, 7) is 10.9. The Morgan fingerprint density at radius 2 is 2.17 bits per heavy atom. The lowest BCUT2D eigenvalue weighted by atomic mass is 10.1. The molecule has 23 heavy (non-hydrogen) atoms. The predicted molar refractivity (Wildman–Crippen MR) is 107 cm³/mol. The van der Waals surface area contributed by atoms with Gasteiger partial charge in [-0.2, -0.15) is 0 Å². The van der Waals surface area contributed by atoms with Crippen LogP contribution in [0.3, 0.4) is 0 Å². The molecule has 0 radical (unpaired) electrons. The predicted octanol–water partition coefficient (Wildman–Crippen LogP) is 1.70. The Labute approximate surface area is 160 Å². The van der Waals surface area contributed by atoms with E-state index in [-0.39, 0.29) is 24.0 Å². The number of guanidine groups is 1. The third kappa shape index (κ3) is 7.77. The van der Waals surface area contributed by atoms with Gasteiger partial charge in [-0.25, -0.2) is 4.98 Å². The van der Waals surface area contributed by atoms with Crippen molar-refractivity contribution >= 4 is 41.3 Å². The van der Waals surface area contributed by atoms with Crippen molar-refractivity contribution < 1.29 is 4.74 Å². The zero-order valence-electron chi connectivity index (χ0n) is 14.2. The molecule has 0 bridgehead atoms. The Morgan fingerprint density at radius 1 is 1.43 bits per heavy atom. The van der Waals surface area contributed by atoms with Crippen molar-refractivity contribution in [2.45, 2.75) is 20.4 Å². The van der Waals surface area contributed by atoms with E-state index in [2.05, 4.69) is 39.4 Å². The first-order chi connectivity index (χ1) is 10.7. The molecule has 8 heteroatoms. The molecule has 1 atom stereocenters. The van der Waals surface area contributed by atoms with Gasteiger partial charge in [0.25, 0.3) is 0 Å². The van der Waals surface area contributed by atoms with Crippen LogP contribution >= 0.6 is 35.3 Å². The van der Waals surface area contributed by atoms with E-state index in [0.29, 0.717) is 5.92 Å². The molecule has 0 saturated carbocycles. The molecule has 6 nitrogen and oxygen atoms in total. The van der Waals surface area contributed by atoms with E-state index in [1.165, 1.54) is 4.88 Å². The fourth-order valence-corrected chi connectivity index (χ4v) is 3.15. The summed E-state index contributed by atoms with van der Waals surface area (Å²) in [6, 6.07) is 0. The highest BCUT2D eigenvalue weighted by Crippen LogP contribution is 2.10. The molecule has 2 heterocycles. The van der Waals surface area contributed by atoms with Gasteiger partial charge < -0.3 is 15.4 Å². The molecule has 1 aromatic rings. The number of ether oxygens (including phenoxy) is 1. The van der Waals surface area contributed by atoms with Crippen LogP contribution in [0.15, 0.2) is 11.2 Å². The lowest BCUT2D eigenvalue weighted by molar-refractivity contribution is 0.0320. The lowest BCUT2D eigenvalue weighted by Gasteiger charge is -2.29. The standard InChI is InChI=1S/C15H27N5OS.HI/c1-12(11-20-4-6-21-7-5-20)8-18-15(16-3)19-10-14-17-9-13(2)22-14;/h9,12H,4-8,10-11H2,1-3H3,(H2,16,18,19);1H. The zero-order chi connectivity index (χ0) is 15.8. The van der Waals surface area contributed by atoms with Crippen molar-refractivity contribution in [2.24, 2.45) is 10.9 Å². The minimum Gasteiger partial charge on any atom is -0.379 e. The summed E-state index contributed by atoms with van der Waals surface area (Å²) < 4.78 is 5.38. The minimum atomic E-state index is 0. The second kappa shape index (κ2) is 11.2. The van der Waals surface area contributed by atoms with Crippen LogP contribution < -0.4 is 10.6 Å². The molecule has 1 saturated heterocycles. The zero-order valence-corrected chi connectivity index (χ0v) is 17.3. The van der Waals surface area contributed by atoms with Crippen LogP contribution in [0.1, 0.15) is 16.8 Å². The summed E-state index contributed by atoms with van der Waals surface area (Å²) >= 11 is 1.71.